The second-order valence-electron chi connectivity index (χ2n) is 3.70. The maximum absolute atomic E-state index is 9.86. The molecule has 0 aliphatic rings. The first-order valence-electron chi connectivity index (χ1n) is 5.84. The topological polar surface area (TPSA) is 20.2 Å². The van der Waals surface area contributed by atoms with Crippen LogP contribution in [-0.4, -0.2) is 16.5 Å². The van der Waals surface area contributed by atoms with Gasteiger partial charge in [-0.25, -0.2) is 0 Å². The molecule has 1 unspecified atom stereocenters. The highest BCUT2D eigenvalue weighted by molar-refractivity contribution is 9.09. The number of hydrogen-bond donors (Lipinski definition) is 1. The Morgan fingerprint density at radius 1 is 1.38 bits per heavy atom. The molecule has 90 valence electrons. The molecule has 1 N–H and O–H groups in total. The van der Waals surface area contributed by atoms with Gasteiger partial charge < -0.3 is 5.11 Å². The van der Waals surface area contributed by atoms with Crippen LogP contribution in [0, 0.1) is 11.8 Å². The van der Waals surface area contributed by atoms with Crippen LogP contribution in [0.15, 0.2) is 17.9 Å². The Balaban J connectivity index is 3.88. The Labute approximate surface area is 108 Å². The summed E-state index contributed by atoms with van der Waals surface area (Å²) >= 11 is 3.25. The zero-order valence-corrected chi connectivity index (χ0v) is 11.6. The van der Waals surface area contributed by atoms with Crippen molar-refractivity contribution in [2.75, 3.05) is 5.33 Å². The Morgan fingerprint density at radius 2 is 2.12 bits per heavy atom. The van der Waals surface area contributed by atoms with E-state index in [2.05, 4.69) is 47.0 Å². The molecule has 2 heteroatoms. The summed E-state index contributed by atoms with van der Waals surface area (Å²) in [5.41, 5.74) is 3.80. The predicted octanol–water partition coefficient (Wildman–Crippen LogP) is 3.82. The highest BCUT2D eigenvalue weighted by Gasteiger charge is 2.08. The zero-order chi connectivity index (χ0) is 12.2. The van der Waals surface area contributed by atoms with Gasteiger partial charge in [0.1, 0.15) is 0 Å². The van der Waals surface area contributed by atoms with Gasteiger partial charge in [-0.1, -0.05) is 48.2 Å². The summed E-state index contributed by atoms with van der Waals surface area (Å²) in [6.07, 6.45) is 5.32. The first kappa shape index (κ1) is 15.5. The van der Waals surface area contributed by atoms with E-state index in [1.807, 2.05) is 0 Å². The fourth-order valence-electron chi connectivity index (χ4n) is 1.45. The third kappa shape index (κ3) is 7.77. The van der Waals surface area contributed by atoms with E-state index in [9.17, 15) is 5.11 Å². The number of alkyl halides is 1. The molecular weight excluding hydrogens is 264 g/mol. The van der Waals surface area contributed by atoms with Crippen LogP contribution in [0.2, 0.25) is 0 Å². The molecule has 1 atom stereocenters. The summed E-state index contributed by atoms with van der Waals surface area (Å²) in [7, 11) is 0. The molecule has 16 heavy (non-hydrogen) atoms. The van der Waals surface area contributed by atoms with Crippen molar-refractivity contribution in [1.82, 2.24) is 0 Å². The molecule has 0 saturated carbocycles. The number of rotatable bonds is 7. The van der Waals surface area contributed by atoms with Crippen molar-refractivity contribution in [2.24, 2.45) is 0 Å². The number of halogens is 1. The van der Waals surface area contributed by atoms with Crippen molar-refractivity contribution in [3.05, 3.63) is 17.9 Å². The Morgan fingerprint density at radius 3 is 2.69 bits per heavy atom. The zero-order valence-electron chi connectivity index (χ0n) is 10.1. The van der Waals surface area contributed by atoms with Gasteiger partial charge in [-0.15, -0.1) is 11.7 Å². The summed E-state index contributed by atoms with van der Waals surface area (Å²) in [5.74, 6) is 6.02. The molecule has 0 bridgehead atoms. The lowest BCUT2D eigenvalue weighted by molar-refractivity contribution is 0.192. The maximum Gasteiger partial charge on any atom is 0.0823 e. The third-order valence-corrected chi connectivity index (χ3v) is 2.68. The molecule has 1 nitrogen and oxygen atoms in total. The van der Waals surface area contributed by atoms with Gasteiger partial charge >= 0.3 is 0 Å². The van der Waals surface area contributed by atoms with Gasteiger partial charge in [0.25, 0.3) is 0 Å². The summed E-state index contributed by atoms with van der Waals surface area (Å²) in [5, 5.41) is 10.6. The van der Waals surface area contributed by atoms with Gasteiger partial charge in [0.05, 0.1) is 11.4 Å². The average molecular weight is 285 g/mol. The van der Waals surface area contributed by atoms with Crippen LogP contribution < -0.4 is 0 Å². The summed E-state index contributed by atoms with van der Waals surface area (Å²) in [6.45, 7) is 5.76. The molecule has 0 radical (unpaired) electrons. The molecule has 0 heterocycles. The maximum atomic E-state index is 9.86. The van der Waals surface area contributed by atoms with Gasteiger partial charge in [-0.05, 0) is 24.8 Å². The second-order valence-corrected chi connectivity index (χ2v) is 4.26. The lowest BCUT2D eigenvalue weighted by Gasteiger charge is -2.11. The lowest BCUT2D eigenvalue weighted by Crippen LogP contribution is -2.09. The van der Waals surface area contributed by atoms with E-state index in [1.165, 1.54) is 0 Å². The SMILES string of the molecule is C=C=C(CCCC#CCBr)C(O)CCCC. The lowest BCUT2D eigenvalue weighted by atomic mass is 10.00. The summed E-state index contributed by atoms with van der Waals surface area (Å²) in [6, 6.07) is 0. The molecule has 0 aromatic heterocycles. The van der Waals surface area contributed by atoms with Gasteiger partial charge in [0.15, 0.2) is 0 Å². The first-order chi connectivity index (χ1) is 7.76. The van der Waals surface area contributed by atoms with Crippen molar-refractivity contribution >= 4 is 15.9 Å². The van der Waals surface area contributed by atoms with Crippen molar-refractivity contribution in [1.29, 1.82) is 0 Å². The summed E-state index contributed by atoms with van der Waals surface area (Å²) in [4.78, 5) is 0. The predicted molar refractivity (Wildman–Crippen MR) is 73.6 cm³/mol. The minimum absolute atomic E-state index is 0.360. The molecule has 0 aliphatic carbocycles. The average Bonchev–Trinajstić information content (AvgIpc) is 2.31. The number of hydrogen-bond acceptors (Lipinski definition) is 1. The van der Waals surface area contributed by atoms with Gasteiger partial charge in [0, 0.05) is 6.42 Å². The highest BCUT2D eigenvalue weighted by Crippen LogP contribution is 2.15. The smallest absolute Gasteiger partial charge is 0.0823 e. The first-order valence-corrected chi connectivity index (χ1v) is 6.97. The van der Waals surface area contributed by atoms with Crippen molar-refractivity contribution in [3.8, 4) is 11.8 Å². The number of aliphatic hydroxyl groups is 1. The van der Waals surface area contributed by atoms with Crippen molar-refractivity contribution in [3.63, 3.8) is 0 Å². The highest BCUT2D eigenvalue weighted by atomic mass is 79.9. The van der Waals surface area contributed by atoms with E-state index >= 15 is 0 Å². The standard InChI is InChI=1S/C14H21BrO/c1-3-5-11-14(16)13(4-2)10-8-6-7-9-12-15/h14,16H,2-3,5-6,8,10-12H2,1H3. The fourth-order valence-corrected chi connectivity index (χ4v) is 1.65. The molecular formula is C14H21BrO. The second kappa shape index (κ2) is 11.0. The number of unbranched alkanes of at least 4 members (excludes halogenated alkanes) is 2. The Bertz CT molecular complexity index is 279. The van der Waals surface area contributed by atoms with Crippen LogP contribution in [-0.2, 0) is 0 Å². The molecule has 0 aliphatic heterocycles. The van der Waals surface area contributed by atoms with E-state index < -0.39 is 0 Å². The van der Waals surface area contributed by atoms with Gasteiger partial charge in [-0.3, -0.25) is 0 Å². The minimum atomic E-state index is -0.360. The number of aliphatic hydroxyl groups excluding tert-OH is 1. The third-order valence-electron chi connectivity index (χ3n) is 2.40. The molecule has 0 fully saturated rings. The van der Waals surface area contributed by atoms with E-state index in [0.717, 1.165) is 49.4 Å². The fraction of sp³-hybridized carbons (Fsp3) is 0.643. The normalized spacial score (nSPS) is 11.2. The van der Waals surface area contributed by atoms with Gasteiger partial charge in [0.2, 0.25) is 0 Å². The molecule has 0 amide bonds. The van der Waals surface area contributed by atoms with Crippen LogP contribution in [0.4, 0.5) is 0 Å². The molecule has 0 rings (SSSR count). The van der Waals surface area contributed by atoms with E-state index in [0.29, 0.717) is 0 Å². The summed E-state index contributed by atoms with van der Waals surface area (Å²) < 4.78 is 0. The Kier molecular flexibility index (Phi) is 10.7. The monoisotopic (exact) mass is 284 g/mol. The van der Waals surface area contributed by atoms with E-state index in [-0.39, 0.29) is 6.10 Å². The largest absolute Gasteiger partial charge is 0.388 e. The van der Waals surface area contributed by atoms with Crippen molar-refractivity contribution in [2.45, 2.75) is 51.6 Å². The van der Waals surface area contributed by atoms with Crippen LogP contribution in [0.1, 0.15) is 45.4 Å². The van der Waals surface area contributed by atoms with E-state index in [1.54, 1.807) is 0 Å². The van der Waals surface area contributed by atoms with Crippen LogP contribution in [0.5, 0.6) is 0 Å². The van der Waals surface area contributed by atoms with Crippen LogP contribution in [0.25, 0.3) is 0 Å². The van der Waals surface area contributed by atoms with Gasteiger partial charge in [-0.2, -0.15) is 0 Å². The quantitative estimate of drug-likeness (QED) is 0.326. The molecule has 0 saturated heterocycles. The molecule has 0 aromatic carbocycles. The molecule has 0 spiro atoms. The minimum Gasteiger partial charge on any atom is -0.388 e. The Hall–Kier alpha value is -0.480. The van der Waals surface area contributed by atoms with Crippen LogP contribution >= 0.6 is 15.9 Å². The van der Waals surface area contributed by atoms with Crippen molar-refractivity contribution < 1.29 is 5.11 Å². The molecule has 0 aromatic rings. The van der Waals surface area contributed by atoms with E-state index in [4.69, 9.17) is 0 Å². The van der Waals surface area contributed by atoms with Crippen LogP contribution in [0.3, 0.4) is 0 Å².